The van der Waals surface area contributed by atoms with Crippen molar-refractivity contribution in [1.82, 2.24) is 19.9 Å². The maximum absolute atomic E-state index is 12.1. The molecule has 0 atom stereocenters. The van der Waals surface area contributed by atoms with Crippen molar-refractivity contribution in [2.75, 3.05) is 27.2 Å². The van der Waals surface area contributed by atoms with Gasteiger partial charge in [-0.25, -0.2) is 4.98 Å². The summed E-state index contributed by atoms with van der Waals surface area (Å²) in [6, 6.07) is 3.42. The van der Waals surface area contributed by atoms with Gasteiger partial charge in [0.1, 0.15) is 5.52 Å². The molecule has 22 heavy (non-hydrogen) atoms. The molecule has 1 aromatic heterocycles. The summed E-state index contributed by atoms with van der Waals surface area (Å²) < 4.78 is 0.482. The second kappa shape index (κ2) is 6.15. The number of hydrogen-bond donors (Lipinski definition) is 2. The van der Waals surface area contributed by atoms with Gasteiger partial charge in [-0.3, -0.25) is 9.59 Å². The molecule has 0 radical (unpaired) electrons. The van der Waals surface area contributed by atoms with Crippen LogP contribution < -0.4 is 10.9 Å². The quantitative estimate of drug-likeness (QED) is 0.805. The Hall–Kier alpha value is -2.41. The molecule has 0 aliphatic rings. The molecule has 7 heteroatoms. The minimum absolute atomic E-state index is 0.290. The molecular weight excluding hydrogens is 284 g/mol. The average molecular weight is 304 g/mol. The van der Waals surface area contributed by atoms with E-state index in [0.29, 0.717) is 23.3 Å². The van der Waals surface area contributed by atoms with Crippen LogP contribution in [0.4, 0.5) is 0 Å². The predicted octanol–water partition coefficient (Wildman–Crippen LogP) is 0.542. The van der Waals surface area contributed by atoms with Crippen LogP contribution in [-0.4, -0.2) is 52.9 Å². The summed E-state index contributed by atoms with van der Waals surface area (Å²) in [6.45, 7) is 4.81. The molecule has 1 heterocycles. The molecular formula is C15H20N4O3. The minimum atomic E-state index is -0.821. The lowest BCUT2D eigenvalue weighted by Crippen LogP contribution is -2.37. The molecule has 0 spiro atoms. The van der Waals surface area contributed by atoms with E-state index >= 15 is 0 Å². The summed E-state index contributed by atoms with van der Waals surface area (Å²) in [4.78, 5) is 30.2. The number of rotatable bonds is 4. The van der Waals surface area contributed by atoms with E-state index < -0.39 is 11.5 Å². The van der Waals surface area contributed by atoms with Crippen LogP contribution in [0.5, 0.6) is 0 Å². The second-order valence-corrected chi connectivity index (χ2v) is 5.56. The van der Waals surface area contributed by atoms with Crippen LogP contribution in [0.2, 0.25) is 0 Å². The third-order valence-electron chi connectivity index (χ3n) is 3.51. The van der Waals surface area contributed by atoms with E-state index in [1.165, 1.54) is 0 Å². The molecule has 0 bridgehead atoms. The number of likely N-dealkylation sites (N-methyl/N-ethyl adjacent to an activating group) is 1. The average Bonchev–Trinajstić information content (AvgIpc) is 2.44. The van der Waals surface area contributed by atoms with Crippen molar-refractivity contribution in [3.63, 3.8) is 0 Å². The van der Waals surface area contributed by atoms with E-state index in [1.54, 1.807) is 12.1 Å². The Morgan fingerprint density at radius 3 is 2.59 bits per heavy atom. The summed E-state index contributed by atoms with van der Waals surface area (Å²) in [7, 11) is 3.76. The maximum Gasteiger partial charge on any atom is 0.315 e. The van der Waals surface area contributed by atoms with Crippen molar-refractivity contribution in [2.24, 2.45) is 0 Å². The monoisotopic (exact) mass is 304 g/mol. The molecule has 7 nitrogen and oxygen atoms in total. The van der Waals surface area contributed by atoms with Crippen molar-refractivity contribution in [2.45, 2.75) is 13.8 Å². The number of nitrogens with one attached hydrogen (secondary N) is 1. The zero-order valence-electron chi connectivity index (χ0n) is 13.2. The maximum atomic E-state index is 12.1. The molecule has 0 saturated heterocycles. The zero-order chi connectivity index (χ0) is 16.4. The molecule has 2 aromatic rings. The van der Waals surface area contributed by atoms with Crippen LogP contribution in [0, 0.1) is 13.8 Å². The smallest absolute Gasteiger partial charge is 0.315 e. The summed E-state index contributed by atoms with van der Waals surface area (Å²) in [5.41, 5.74) is 1.47. The van der Waals surface area contributed by atoms with Crippen LogP contribution in [0.15, 0.2) is 16.9 Å². The highest BCUT2D eigenvalue weighted by Crippen LogP contribution is 2.16. The van der Waals surface area contributed by atoms with Crippen molar-refractivity contribution < 1.29 is 10.0 Å². The first-order valence-electron chi connectivity index (χ1n) is 6.97. The van der Waals surface area contributed by atoms with Gasteiger partial charge in [-0.1, -0.05) is 0 Å². The molecule has 0 unspecified atom stereocenters. The summed E-state index contributed by atoms with van der Waals surface area (Å²) in [6.07, 6.45) is 0. The highest BCUT2D eigenvalue weighted by atomic mass is 16.5. The molecule has 1 amide bonds. The van der Waals surface area contributed by atoms with Crippen molar-refractivity contribution in [3.8, 4) is 0 Å². The van der Waals surface area contributed by atoms with Gasteiger partial charge in [-0.05, 0) is 51.2 Å². The second-order valence-electron chi connectivity index (χ2n) is 5.56. The van der Waals surface area contributed by atoms with Gasteiger partial charge in [0.25, 0.3) is 5.91 Å². The normalized spacial score (nSPS) is 11.1. The standard InChI is InChI=1S/C15H20N4O3/c1-9-7-11-12(8-10(9)2)19(22)15(21)13(17-11)14(20)16-5-6-18(3)4/h7-8,22H,5-6H2,1-4H3,(H,16,20). The number of carbonyl (C=O) groups is 1. The number of amides is 1. The lowest BCUT2D eigenvalue weighted by molar-refractivity contribution is 0.0938. The first-order chi connectivity index (χ1) is 10.3. The van der Waals surface area contributed by atoms with Crippen LogP contribution in [0.25, 0.3) is 11.0 Å². The van der Waals surface area contributed by atoms with Gasteiger partial charge >= 0.3 is 5.56 Å². The Bertz CT molecular complexity index is 780. The predicted molar refractivity (Wildman–Crippen MR) is 83.5 cm³/mol. The first-order valence-corrected chi connectivity index (χ1v) is 6.97. The van der Waals surface area contributed by atoms with E-state index in [-0.39, 0.29) is 11.2 Å². The van der Waals surface area contributed by atoms with E-state index in [0.717, 1.165) is 11.1 Å². The van der Waals surface area contributed by atoms with Gasteiger partial charge in [-0.15, -0.1) is 4.73 Å². The van der Waals surface area contributed by atoms with Crippen molar-refractivity contribution >= 4 is 16.9 Å². The summed E-state index contributed by atoms with van der Waals surface area (Å²) in [5, 5.41) is 12.6. The van der Waals surface area contributed by atoms with E-state index in [9.17, 15) is 14.8 Å². The van der Waals surface area contributed by atoms with Crippen molar-refractivity contribution in [1.29, 1.82) is 0 Å². The number of aryl methyl sites for hydroxylation is 2. The fraction of sp³-hybridized carbons (Fsp3) is 0.400. The number of carbonyl (C=O) groups excluding carboxylic acids is 1. The van der Waals surface area contributed by atoms with Gasteiger partial charge in [0.15, 0.2) is 5.69 Å². The summed E-state index contributed by atoms with van der Waals surface area (Å²) >= 11 is 0. The van der Waals surface area contributed by atoms with Gasteiger partial charge in [-0.2, -0.15) is 0 Å². The third kappa shape index (κ3) is 3.09. The Morgan fingerprint density at radius 2 is 1.95 bits per heavy atom. The van der Waals surface area contributed by atoms with Crippen LogP contribution in [-0.2, 0) is 0 Å². The molecule has 118 valence electrons. The molecule has 2 rings (SSSR count). The van der Waals surface area contributed by atoms with Gasteiger partial charge in [0, 0.05) is 13.1 Å². The third-order valence-corrected chi connectivity index (χ3v) is 3.51. The topological polar surface area (TPSA) is 87.5 Å². The zero-order valence-corrected chi connectivity index (χ0v) is 13.2. The van der Waals surface area contributed by atoms with Gasteiger partial charge in [0.2, 0.25) is 0 Å². The first kappa shape index (κ1) is 16.0. The van der Waals surface area contributed by atoms with Crippen LogP contribution in [0.1, 0.15) is 21.6 Å². The summed E-state index contributed by atoms with van der Waals surface area (Å²) in [5.74, 6) is -0.588. The van der Waals surface area contributed by atoms with Gasteiger partial charge < -0.3 is 15.4 Å². The fourth-order valence-electron chi connectivity index (χ4n) is 2.05. The van der Waals surface area contributed by atoms with Crippen LogP contribution in [0.3, 0.4) is 0 Å². The molecule has 0 fully saturated rings. The van der Waals surface area contributed by atoms with Crippen molar-refractivity contribution in [3.05, 3.63) is 39.3 Å². The molecule has 0 saturated carbocycles. The Labute approximate surface area is 128 Å². The molecule has 0 aliphatic carbocycles. The van der Waals surface area contributed by atoms with Gasteiger partial charge in [0.05, 0.1) is 5.52 Å². The number of benzene rings is 1. The molecule has 2 N–H and O–H groups in total. The fourth-order valence-corrected chi connectivity index (χ4v) is 2.05. The molecule has 1 aromatic carbocycles. The van der Waals surface area contributed by atoms with E-state index in [1.807, 2.05) is 32.8 Å². The van der Waals surface area contributed by atoms with E-state index in [2.05, 4.69) is 10.3 Å². The minimum Gasteiger partial charge on any atom is -0.425 e. The number of nitrogens with zero attached hydrogens (tertiary/aromatic N) is 3. The highest BCUT2D eigenvalue weighted by Gasteiger charge is 2.17. The SMILES string of the molecule is Cc1cc2nc(C(=O)NCCN(C)C)c(=O)n(O)c2cc1C. The number of fused-ring (bicyclic) bond motifs is 1. The van der Waals surface area contributed by atoms with Crippen LogP contribution >= 0.6 is 0 Å². The Kier molecular flexibility index (Phi) is 4.46. The molecule has 0 aliphatic heterocycles. The largest absolute Gasteiger partial charge is 0.425 e. The Balaban J connectivity index is 2.42. The lowest BCUT2D eigenvalue weighted by Gasteiger charge is -2.11. The number of hydrogen-bond acceptors (Lipinski definition) is 5. The van der Waals surface area contributed by atoms with E-state index in [4.69, 9.17) is 0 Å². The highest BCUT2D eigenvalue weighted by molar-refractivity contribution is 5.93. The Morgan fingerprint density at radius 1 is 1.32 bits per heavy atom. The number of aromatic nitrogens is 2. The lowest BCUT2D eigenvalue weighted by atomic mass is 10.1.